The third-order valence-corrected chi connectivity index (χ3v) is 4.15. The van der Waals surface area contributed by atoms with Crippen molar-refractivity contribution in [3.8, 4) is 0 Å². The standard InChI is InChI=1S/C13H19NO2S/c1-8(2)4-3-5-10-14-11(9-6-7-9)12(17-10)13(15)16/h8-9H,3-7H2,1-2H3,(H,15,16). The van der Waals surface area contributed by atoms with E-state index in [2.05, 4.69) is 18.8 Å². The SMILES string of the molecule is CC(C)CCCc1nc(C2CC2)c(C(=O)O)s1. The summed E-state index contributed by atoms with van der Waals surface area (Å²) in [4.78, 5) is 16.1. The molecule has 1 heterocycles. The smallest absolute Gasteiger partial charge is 0.347 e. The number of thiazole rings is 1. The Balaban J connectivity index is 2.03. The molecule has 0 unspecified atom stereocenters. The van der Waals surface area contributed by atoms with Crippen LogP contribution < -0.4 is 0 Å². The second-order valence-electron chi connectivity index (χ2n) is 5.19. The number of hydrogen-bond acceptors (Lipinski definition) is 3. The molecular formula is C13H19NO2S. The van der Waals surface area contributed by atoms with Crippen LogP contribution in [0.2, 0.25) is 0 Å². The monoisotopic (exact) mass is 253 g/mol. The Kier molecular flexibility index (Phi) is 3.82. The van der Waals surface area contributed by atoms with Crippen LogP contribution in [0.4, 0.5) is 0 Å². The summed E-state index contributed by atoms with van der Waals surface area (Å²) in [6.45, 7) is 4.42. The highest BCUT2D eigenvalue weighted by molar-refractivity contribution is 7.13. The Labute approximate surface area is 106 Å². The van der Waals surface area contributed by atoms with Gasteiger partial charge in [-0.2, -0.15) is 0 Å². The number of aromatic nitrogens is 1. The van der Waals surface area contributed by atoms with Gasteiger partial charge in [-0.15, -0.1) is 11.3 Å². The number of carbonyl (C=O) groups is 1. The quantitative estimate of drug-likeness (QED) is 0.841. The fourth-order valence-electron chi connectivity index (χ4n) is 1.93. The van der Waals surface area contributed by atoms with E-state index in [0.29, 0.717) is 16.7 Å². The van der Waals surface area contributed by atoms with Crippen molar-refractivity contribution in [1.29, 1.82) is 0 Å². The van der Waals surface area contributed by atoms with Crippen LogP contribution >= 0.6 is 11.3 Å². The topological polar surface area (TPSA) is 50.2 Å². The van der Waals surface area contributed by atoms with Crippen LogP contribution in [0.3, 0.4) is 0 Å². The van der Waals surface area contributed by atoms with Crippen LogP contribution in [0.25, 0.3) is 0 Å². The number of aryl methyl sites for hydroxylation is 1. The maximum absolute atomic E-state index is 11.1. The first-order valence-electron chi connectivity index (χ1n) is 6.30. The lowest BCUT2D eigenvalue weighted by molar-refractivity contribution is 0.0700. The molecule has 0 saturated heterocycles. The maximum atomic E-state index is 11.1. The highest BCUT2D eigenvalue weighted by Gasteiger charge is 2.31. The van der Waals surface area contributed by atoms with Crippen LogP contribution in [0.5, 0.6) is 0 Å². The third-order valence-electron chi connectivity index (χ3n) is 3.03. The summed E-state index contributed by atoms with van der Waals surface area (Å²) < 4.78 is 0. The largest absolute Gasteiger partial charge is 0.477 e. The molecule has 0 aromatic carbocycles. The first-order valence-corrected chi connectivity index (χ1v) is 7.12. The van der Waals surface area contributed by atoms with E-state index in [1.807, 2.05) is 0 Å². The summed E-state index contributed by atoms with van der Waals surface area (Å²) in [5.41, 5.74) is 0.849. The van der Waals surface area contributed by atoms with E-state index in [9.17, 15) is 4.79 Å². The molecule has 1 aromatic rings. The van der Waals surface area contributed by atoms with Crippen LogP contribution in [0, 0.1) is 5.92 Å². The van der Waals surface area contributed by atoms with Gasteiger partial charge < -0.3 is 5.11 Å². The van der Waals surface area contributed by atoms with Gasteiger partial charge in [0.1, 0.15) is 4.88 Å². The van der Waals surface area contributed by atoms with Crippen molar-refractivity contribution in [1.82, 2.24) is 4.98 Å². The van der Waals surface area contributed by atoms with Gasteiger partial charge in [-0.3, -0.25) is 0 Å². The van der Waals surface area contributed by atoms with E-state index in [0.717, 1.165) is 36.4 Å². The van der Waals surface area contributed by atoms with Gasteiger partial charge in [-0.1, -0.05) is 20.3 Å². The molecule has 0 spiro atoms. The average molecular weight is 253 g/mol. The number of carboxylic acid groups (broad SMARTS) is 1. The lowest BCUT2D eigenvalue weighted by Gasteiger charge is -2.01. The first-order chi connectivity index (χ1) is 8.08. The summed E-state index contributed by atoms with van der Waals surface area (Å²) >= 11 is 1.38. The van der Waals surface area contributed by atoms with Crippen molar-refractivity contribution in [3.05, 3.63) is 15.6 Å². The molecule has 17 heavy (non-hydrogen) atoms. The summed E-state index contributed by atoms with van der Waals surface area (Å²) in [6, 6.07) is 0. The van der Waals surface area contributed by atoms with Crippen molar-refractivity contribution in [2.45, 2.75) is 51.9 Å². The molecule has 2 rings (SSSR count). The normalized spacial score (nSPS) is 15.5. The van der Waals surface area contributed by atoms with Gasteiger partial charge in [0.15, 0.2) is 0 Å². The van der Waals surface area contributed by atoms with Crippen LogP contribution in [0.1, 0.15) is 65.8 Å². The molecule has 1 aliphatic carbocycles. The number of nitrogens with zero attached hydrogens (tertiary/aromatic N) is 1. The molecule has 1 aromatic heterocycles. The summed E-state index contributed by atoms with van der Waals surface area (Å²) in [6.07, 6.45) is 5.43. The van der Waals surface area contributed by atoms with Crippen LogP contribution in [-0.2, 0) is 6.42 Å². The van der Waals surface area contributed by atoms with Crippen LogP contribution in [-0.4, -0.2) is 16.1 Å². The summed E-state index contributed by atoms with van der Waals surface area (Å²) in [5.74, 6) is 0.326. The molecule has 0 amide bonds. The predicted molar refractivity (Wildman–Crippen MR) is 68.8 cm³/mol. The molecule has 0 atom stereocenters. The Morgan fingerprint density at radius 2 is 2.24 bits per heavy atom. The first kappa shape index (κ1) is 12.6. The zero-order chi connectivity index (χ0) is 12.4. The van der Waals surface area contributed by atoms with E-state index in [1.54, 1.807) is 0 Å². The highest BCUT2D eigenvalue weighted by Crippen LogP contribution is 2.42. The number of aromatic carboxylic acids is 1. The van der Waals surface area contributed by atoms with E-state index in [4.69, 9.17) is 5.11 Å². The van der Waals surface area contributed by atoms with Gasteiger partial charge in [0, 0.05) is 5.92 Å². The zero-order valence-electron chi connectivity index (χ0n) is 10.4. The predicted octanol–water partition coefficient (Wildman–Crippen LogP) is 3.70. The van der Waals surface area contributed by atoms with Gasteiger partial charge in [-0.05, 0) is 31.6 Å². The fourth-order valence-corrected chi connectivity index (χ4v) is 2.96. The molecule has 1 saturated carbocycles. The second-order valence-corrected chi connectivity index (χ2v) is 6.27. The third kappa shape index (κ3) is 3.28. The van der Waals surface area contributed by atoms with Crippen molar-refractivity contribution < 1.29 is 9.90 Å². The molecule has 4 heteroatoms. The Hall–Kier alpha value is -0.900. The van der Waals surface area contributed by atoms with Crippen LogP contribution in [0.15, 0.2) is 0 Å². The summed E-state index contributed by atoms with van der Waals surface area (Å²) in [7, 11) is 0. The lowest BCUT2D eigenvalue weighted by Crippen LogP contribution is -1.97. The number of hydrogen-bond donors (Lipinski definition) is 1. The van der Waals surface area contributed by atoms with Crippen molar-refractivity contribution in [2.24, 2.45) is 5.92 Å². The molecule has 0 aliphatic heterocycles. The molecule has 0 bridgehead atoms. The molecule has 94 valence electrons. The van der Waals surface area contributed by atoms with E-state index >= 15 is 0 Å². The van der Waals surface area contributed by atoms with Gasteiger partial charge in [0.25, 0.3) is 0 Å². The minimum Gasteiger partial charge on any atom is -0.477 e. The Bertz CT molecular complexity index is 408. The van der Waals surface area contributed by atoms with Gasteiger partial charge in [0.05, 0.1) is 10.7 Å². The lowest BCUT2D eigenvalue weighted by atomic mass is 10.1. The average Bonchev–Trinajstić information content (AvgIpc) is 2.99. The highest BCUT2D eigenvalue weighted by atomic mass is 32.1. The molecule has 1 N–H and O–H groups in total. The Morgan fingerprint density at radius 3 is 2.76 bits per heavy atom. The molecule has 3 nitrogen and oxygen atoms in total. The molecule has 0 radical (unpaired) electrons. The van der Waals surface area contributed by atoms with Crippen molar-refractivity contribution in [3.63, 3.8) is 0 Å². The van der Waals surface area contributed by atoms with E-state index in [1.165, 1.54) is 17.8 Å². The summed E-state index contributed by atoms with van der Waals surface area (Å²) in [5, 5.41) is 10.1. The van der Waals surface area contributed by atoms with Gasteiger partial charge >= 0.3 is 5.97 Å². The van der Waals surface area contributed by atoms with Crippen molar-refractivity contribution >= 4 is 17.3 Å². The molecule has 1 fully saturated rings. The minimum absolute atomic E-state index is 0.427. The van der Waals surface area contributed by atoms with E-state index in [-0.39, 0.29) is 0 Å². The maximum Gasteiger partial charge on any atom is 0.347 e. The minimum atomic E-state index is -0.806. The Morgan fingerprint density at radius 1 is 1.53 bits per heavy atom. The van der Waals surface area contributed by atoms with Gasteiger partial charge in [0.2, 0.25) is 0 Å². The van der Waals surface area contributed by atoms with Crippen molar-refractivity contribution in [2.75, 3.05) is 0 Å². The fraction of sp³-hybridized carbons (Fsp3) is 0.692. The number of carboxylic acids is 1. The second kappa shape index (κ2) is 5.17. The van der Waals surface area contributed by atoms with E-state index < -0.39 is 5.97 Å². The molecular weight excluding hydrogens is 234 g/mol. The zero-order valence-corrected chi connectivity index (χ0v) is 11.2. The number of rotatable bonds is 6. The molecule has 1 aliphatic rings. The van der Waals surface area contributed by atoms with Gasteiger partial charge in [-0.25, -0.2) is 9.78 Å².